The first-order chi connectivity index (χ1) is 11.1. The lowest BCUT2D eigenvalue weighted by Gasteiger charge is -2.09. The molecule has 1 aromatic carbocycles. The van der Waals surface area contributed by atoms with Gasteiger partial charge in [-0.05, 0) is 23.8 Å². The van der Waals surface area contributed by atoms with E-state index in [1.807, 2.05) is 42.9 Å². The first-order valence-electron chi connectivity index (χ1n) is 7.68. The van der Waals surface area contributed by atoms with Crippen molar-refractivity contribution in [1.29, 1.82) is 0 Å². The van der Waals surface area contributed by atoms with E-state index < -0.39 is 0 Å². The molecule has 0 fully saturated rings. The molecule has 0 saturated heterocycles. The first-order valence-corrected chi connectivity index (χ1v) is 7.68. The van der Waals surface area contributed by atoms with Crippen LogP contribution in [0.2, 0.25) is 0 Å². The van der Waals surface area contributed by atoms with Gasteiger partial charge in [0.15, 0.2) is 0 Å². The number of hydrogen-bond donors (Lipinski definition) is 2. The van der Waals surface area contributed by atoms with Gasteiger partial charge < -0.3 is 10.6 Å². The van der Waals surface area contributed by atoms with Crippen LogP contribution in [0, 0.1) is 5.92 Å². The molecule has 2 rings (SSSR count). The van der Waals surface area contributed by atoms with Crippen LogP contribution in [0.4, 0.5) is 0 Å². The number of nitrogens with zero attached hydrogens (tertiary/aromatic N) is 2. The first kappa shape index (κ1) is 16.7. The predicted molar refractivity (Wildman–Crippen MR) is 88.0 cm³/mol. The van der Waals surface area contributed by atoms with Crippen molar-refractivity contribution in [3.63, 3.8) is 0 Å². The summed E-state index contributed by atoms with van der Waals surface area (Å²) in [6, 6.07) is 9.29. The second kappa shape index (κ2) is 8.12. The van der Waals surface area contributed by atoms with Gasteiger partial charge in [0.05, 0.1) is 6.54 Å². The van der Waals surface area contributed by atoms with Gasteiger partial charge in [-0.3, -0.25) is 14.3 Å². The average Bonchev–Trinajstić information content (AvgIpc) is 3.04. The Balaban J connectivity index is 1.77. The predicted octanol–water partition coefficient (Wildman–Crippen LogP) is 1.43. The Kier molecular flexibility index (Phi) is 5.91. The Labute approximate surface area is 135 Å². The summed E-state index contributed by atoms with van der Waals surface area (Å²) >= 11 is 0. The van der Waals surface area contributed by atoms with Crippen molar-refractivity contribution < 1.29 is 9.59 Å². The van der Waals surface area contributed by atoms with Gasteiger partial charge in [-0.2, -0.15) is 5.10 Å². The van der Waals surface area contributed by atoms with Gasteiger partial charge in [0.1, 0.15) is 0 Å². The number of nitrogens with one attached hydrogen (secondary N) is 2. The van der Waals surface area contributed by atoms with Crippen molar-refractivity contribution in [1.82, 2.24) is 20.4 Å². The summed E-state index contributed by atoms with van der Waals surface area (Å²) in [6.07, 6.45) is 3.63. The Morgan fingerprint density at radius 3 is 2.43 bits per heavy atom. The van der Waals surface area contributed by atoms with E-state index in [-0.39, 0.29) is 17.7 Å². The fourth-order valence-electron chi connectivity index (χ4n) is 2.01. The topological polar surface area (TPSA) is 76.0 Å². The zero-order chi connectivity index (χ0) is 16.7. The van der Waals surface area contributed by atoms with Crippen LogP contribution in [-0.2, 0) is 11.3 Å². The summed E-state index contributed by atoms with van der Waals surface area (Å²) < 4.78 is 1.83. The van der Waals surface area contributed by atoms with E-state index in [1.165, 1.54) is 0 Å². The van der Waals surface area contributed by atoms with Crippen molar-refractivity contribution in [2.24, 2.45) is 5.92 Å². The summed E-state index contributed by atoms with van der Waals surface area (Å²) in [5.41, 5.74) is 1.68. The van der Waals surface area contributed by atoms with Gasteiger partial charge in [-0.1, -0.05) is 26.0 Å². The zero-order valence-corrected chi connectivity index (χ0v) is 13.5. The Morgan fingerprint density at radius 2 is 1.83 bits per heavy atom. The Hall–Kier alpha value is -2.63. The van der Waals surface area contributed by atoms with Crippen LogP contribution >= 0.6 is 0 Å². The molecule has 0 bridgehead atoms. The molecule has 0 aliphatic heterocycles. The molecule has 6 heteroatoms. The fraction of sp³-hybridized carbons (Fsp3) is 0.353. The number of benzene rings is 1. The molecule has 0 atom stereocenters. The SMILES string of the molecule is CC(C)C(=O)NCCNC(=O)c1ccc(Cn2cccn2)cc1. The van der Waals surface area contributed by atoms with E-state index in [0.717, 1.165) is 5.56 Å². The van der Waals surface area contributed by atoms with E-state index in [9.17, 15) is 9.59 Å². The van der Waals surface area contributed by atoms with Crippen LogP contribution in [0.25, 0.3) is 0 Å². The smallest absolute Gasteiger partial charge is 0.251 e. The number of rotatable bonds is 7. The molecule has 23 heavy (non-hydrogen) atoms. The Morgan fingerprint density at radius 1 is 1.13 bits per heavy atom. The lowest BCUT2D eigenvalue weighted by Crippen LogP contribution is -2.36. The van der Waals surface area contributed by atoms with Crippen LogP contribution in [0.1, 0.15) is 29.8 Å². The monoisotopic (exact) mass is 314 g/mol. The number of aromatic nitrogens is 2. The molecule has 6 nitrogen and oxygen atoms in total. The fourth-order valence-corrected chi connectivity index (χ4v) is 2.01. The molecule has 122 valence electrons. The van der Waals surface area contributed by atoms with E-state index in [4.69, 9.17) is 0 Å². The van der Waals surface area contributed by atoms with E-state index in [1.54, 1.807) is 18.3 Å². The van der Waals surface area contributed by atoms with Gasteiger partial charge in [0, 0.05) is 37.0 Å². The molecular formula is C17H22N4O2. The van der Waals surface area contributed by atoms with E-state index >= 15 is 0 Å². The largest absolute Gasteiger partial charge is 0.354 e. The summed E-state index contributed by atoms with van der Waals surface area (Å²) in [5, 5.41) is 9.69. The highest BCUT2D eigenvalue weighted by Gasteiger charge is 2.07. The standard InChI is InChI=1S/C17H22N4O2/c1-13(2)16(22)18-9-10-19-17(23)15-6-4-14(5-7-15)12-21-11-3-8-20-21/h3-8,11,13H,9-10,12H2,1-2H3,(H,18,22)(H,19,23). The summed E-state index contributed by atoms with van der Waals surface area (Å²) in [6.45, 7) is 5.18. The van der Waals surface area contributed by atoms with E-state index in [0.29, 0.717) is 25.2 Å². The number of carbonyl (C=O) groups excluding carboxylic acids is 2. The summed E-state index contributed by atoms with van der Waals surface area (Å²) in [7, 11) is 0. The summed E-state index contributed by atoms with van der Waals surface area (Å²) in [4.78, 5) is 23.4. The third-order valence-corrected chi connectivity index (χ3v) is 3.35. The third-order valence-electron chi connectivity index (χ3n) is 3.35. The van der Waals surface area contributed by atoms with Crippen molar-refractivity contribution in [2.45, 2.75) is 20.4 Å². The van der Waals surface area contributed by atoms with Crippen LogP contribution in [0.5, 0.6) is 0 Å². The molecule has 2 N–H and O–H groups in total. The molecule has 1 aromatic heterocycles. The van der Waals surface area contributed by atoms with Gasteiger partial charge >= 0.3 is 0 Å². The lowest BCUT2D eigenvalue weighted by molar-refractivity contribution is -0.123. The molecule has 0 aliphatic rings. The van der Waals surface area contributed by atoms with Gasteiger partial charge in [0.2, 0.25) is 5.91 Å². The zero-order valence-electron chi connectivity index (χ0n) is 13.5. The van der Waals surface area contributed by atoms with Gasteiger partial charge in [-0.25, -0.2) is 0 Å². The maximum atomic E-state index is 12.0. The maximum Gasteiger partial charge on any atom is 0.251 e. The molecular weight excluding hydrogens is 292 g/mol. The van der Waals surface area contributed by atoms with Gasteiger partial charge in [0.25, 0.3) is 5.91 Å². The molecule has 0 radical (unpaired) electrons. The van der Waals surface area contributed by atoms with Crippen LogP contribution < -0.4 is 10.6 Å². The minimum atomic E-state index is -0.144. The third kappa shape index (κ3) is 5.25. The van der Waals surface area contributed by atoms with Crippen LogP contribution in [0.15, 0.2) is 42.7 Å². The highest BCUT2D eigenvalue weighted by Crippen LogP contribution is 2.06. The van der Waals surface area contributed by atoms with Crippen LogP contribution in [0.3, 0.4) is 0 Å². The van der Waals surface area contributed by atoms with Crippen LogP contribution in [-0.4, -0.2) is 34.7 Å². The van der Waals surface area contributed by atoms with Gasteiger partial charge in [-0.15, -0.1) is 0 Å². The normalized spacial score (nSPS) is 10.6. The maximum absolute atomic E-state index is 12.0. The quantitative estimate of drug-likeness (QED) is 0.759. The van der Waals surface area contributed by atoms with Crippen molar-refractivity contribution >= 4 is 11.8 Å². The molecule has 1 heterocycles. The highest BCUT2D eigenvalue weighted by molar-refractivity contribution is 5.94. The minimum absolute atomic E-state index is 0.0118. The number of amides is 2. The second-order valence-corrected chi connectivity index (χ2v) is 5.60. The van der Waals surface area contributed by atoms with Crippen molar-refractivity contribution in [3.8, 4) is 0 Å². The molecule has 2 amide bonds. The van der Waals surface area contributed by atoms with Crippen molar-refractivity contribution in [3.05, 3.63) is 53.9 Å². The summed E-state index contributed by atoms with van der Waals surface area (Å²) in [5.74, 6) is -0.204. The molecule has 0 saturated carbocycles. The molecule has 2 aromatic rings. The molecule has 0 spiro atoms. The molecule has 0 aliphatic carbocycles. The van der Waals surface area contributed by atoms with E-state index in [2.05, 4.69) is 15.7 Å². The van der Waals surface area contributed by atoms with Crippen molar-refractivity contribution in [2.75, 3.05) is 13.1 Å². The average molecular weight is 314 g/mol. The number of hydrogen-bond acceptors (Lipinski definition) is 3. The Bertz CT molecular complexity index is 633. The second-order valence-electron chi connectivity index (χ2n) is 5.60. The highest BCUT2D eigenvalue weighted by atomic mass is 16.2. The number of carbonyl (C=O) groups is 2. The molecule has 0 unspecified atom stereocenters. The lowest BCUT2D eigenvalue weighted by atomic mass is 10.1. The minimum Gasteiger partial charge on any atom is -0.354 e.